The van der Waals surface area contributed by atoms with Crippen molar-refractivity contribution in [1.82, 2.24) is 20.9 Å². The molecule has 328 valence electrons. The average molecular weight is 821 g/mol. The van der Waals surface area contributed by atoms with Crippen LogP contribution in [0.3, 0.4) is 0 Å². The molecule has 12 heteroatoms. The van der Waals surface area contributed by atoms with Gasteiger partial charge in [0.25, 0.3) is 0 Å². The lowest BCUT2D eigenvalue weighted by Gasteiger charge is -2.36. The van der Waals surface area contributed by atoms with E-state index in [2.05, 4.69) is 22.9 Å². The lowest BCUT2D eigenvalue weighted by molar-refractivity contribution is -0.145. The number of ether oxygens (including phenoxy) is 3. The van der Waals surface area contributed by atoms with Gasteiger partial charge in [0.2, 0.25) is 17.7 Å². The Hall–Kier alpha value is -3.84. The molecule has 1 heterocycles. The summed E-state index contributed by atoms with van der Waals surface area (Å²) in [7, 11) is 1.60. The summed E-state index contributed by atoms with van der Waals surface area (Å²) in [5.74, 6) is -1.21. The van der Waals surface area contributed by atoms with Crippen molar-refractivity contribution in [2.45, 2.75) is 148 Å². The largest absolute Gasteiger partial charge is 0.461 e. The second kappa shape index (κ2) is 26.4. The van der Waals surface area contributed by atoms with Gasteiger partial charge in [-0.2, -0.15) is 0 Å². The zero-order chi connectivity index (χ0) is 42.4. The maximum Gasteiger partial charge on any atom is 0.307 e. The van der Waals surface area contributed by atoms with Crippen molar-refractivity contribution >= 4 is 23.7 Å². The van der Waals surface area contributed by atoms with Crippen LogP contribution in [0, 0.1) is 17.8 Å². The molecule has 1 saturated carbocycles. The molecule has 0 aromatic heterocycles. The normalized spacial score (nSPS) is 17.8. The first-order valence-corrected chi connectivity index (χ1v) is 22.2. The van der Waals surface area contributed by atoms with Gasteiger partial charge in [-0.3, -0.25) is 24.5 Å². The van der Waals surface area contributed by atoms with E-state index in [9.17, 15) is 24.3 Å². The van der Waals surface area contributed by atoms with Crippen molar-refractivity contribution in [2.24, 2.45) is 17.8 Å². The Balaban J connectivity index is 1.44. The molecule has 0 radical (unpaired) electrons. The van der Waals surface area contributed by atoms with Crippen molar-refractivity contribution in [2.75, 3.05) is 33.5 Å². The van der Waals surface area contributed by atoms with Gasteiger partial charge in [0.15, 0.2) is 0 Å². The number of benzene rings is 2. The first kappa shape index (κ1) is 47.8. The highest BCUT2D eigenvalue weighted by Crippen LogP contribution is 2.30. The summed E-state index contributed by atoms with van der Waals surface area (Å²) in [5, 5.41) is 21.6. The predicted octanol–water partition coefficient (Wildman–Crippen LogP) is 6.09. The zero-order valence-corrected chi connectivity index (χ0v) is 36.1. The van der Waals surface area contributed by atoms with E-state index in [1.165, 1.54) is 6.42 Å². The number of hydrogen-bond acceptors (Lipinski definition) is 9. The fraction of sp³-hybridized carbons (Fsp3) is 0.660. The van der Waals surface area contributed by atoms with E-state index in [-0.39, 0.29) is 62.5 Å². The van der Waals surface area contributed by atoms with E-state index in [0.29, 0.717) is 51.1 Å². The monoisotopic (exact) mass is 821 g/mol. The number of methoxy groups -OCH3 is 1. The fourth-order valence-corrected chi connectivity index (χ4v) is 8.35. The van der Waals surface area contributed by atoms with Gasteiger partial charge < -0.3 is 34.9 Å². The van der Waals surface area contributed by atoms with Gasteiger partial charge in [0.05, 0.1) is 36.8 Å². The maximum atomic E-state index is 14.5. The third kappa shape index (κ3) is 17.0. The van der Waals surface area contributed by atoms with Gasteiger partial charge in [-0.25, -0.2) is 0 Å². The van der Waals surface area contributed by atoms with E-state index in [1.807, 2.05) is 79.4 Å². The topological polar surface area (TPSA) is 156 Å². The second-order valence-electron chi connectivity index (χ2n) is 16.9. The molecule has 2 aromatic carbocycles. The third-order valence-electron chi connectivity index (χ3n) is 11.9. The van der Waals surface area contributed by atoms with E-state index in [4.69, 9.17) is 14.2 Å². The van der Waals surface area contributed by atoms with Crippen molar-refractivity contribution in [3.8, 4) is 0 Å². The van der Waals surface area contributed by atoms with Crippen LogP contribution in [0.4, 0.5) is 0 Å². The Morgan fingerprint density at radius 2 is 1.53 bits per heavy atom. The highest BCUT2D eigenvalue weighted by molar-refractivity contribution is 5.86. The Kier molecular flexibility index (Phi) is 21.4. The van der Waals surface area contributed by atoms with Crippen molar-refractivity contribution in [3.63, 3.8) is 0 Å². The Labute approximate surface area is 352 Å². The second-order valence-corrected chi connectivity index (χ2v) is 16.9. The number of piperidine rings is 1. The van der Waals surface area contributed by atoms with E-state index >= 15 is 0 Å². The molecule has 59 heavy (non-hydrogen) atoms. The molecule has 0 spiro atoms. The first-order chi connectivity index (χ1) is 28.6. The van der Waals surface area contributed by atoms with Crippen molar-refractivity contribution in [1.29, 1.82) is 0 Å². The van der Waals surface area contributed by atoms with Gasteiger partial charge in [-0.05, 0) is 61.5 Å². The molecule has 12 nitrogen and oxygen atoms in total. The van der Waals surface area contributed by atoms with Crippen LogP contribution in [0.25, 0.3) is 0 Å². The molecule has 0 unspecified atom stereocenters. The van der Waals surface area contributed by atoms with Gasteiger partial charge in [-0.1, -0.05) is 126 Å². The van der Waals surface area contributed by atoms with Gasteiger partial charge in [0, 0.05) is 32.7 Å². The minimum Gasteiger partial charge on any atom is -0.461 e. The molecule has 1 aliphatic heterocycles. The van der Waals surface area contributed by atoms with Crippen LogP contribution in [0.1, 0.15) is 115 Å². The van der Waals surface area contributed by atoms with Crippen LogP contribution in [0.15, 0.2) is 60.7 Å². The minimum absolute atomic E-state index is 0.0328. The molecule has 2 aliphatic rings. The lowest BCUT2D eigenvalue weighted by Crippen LogP contribution is -2.58. The molecule has 4 rings (SSSR count). The quantitative estimate of drug-likeness (QED) is 0.0689. The van der Waals surface area contributed by atoms with Gasteiger partial charge in [-0.15, -0.1) is 0 Å². The number of unbranched alkanes of at least 4 members (excludes halogenated alkanes) is 1. The molecule has 2 aromatic rings. The summed E-state index contributed by atoms with van der Waals surface area (Å²) in [4.78, 5) is 56.6. The summed E-state index contributed by atoms with van der Waals surface area (Å²) in [6.45, 7) is 7.62. The van der Waals surface area contributed by atoms with E-state index in [0.717, 1.165) is 49.7 Å². The number of nitrogens with zero attached hydrogens (tertiary/aromatic N) is 1. The maximum absolute atomic E-state index is 14.5. The molecular weight excluding hydrogens is 749 g/mol. The molecule has 5 atom stereocenters. The van der Waals surface area contributed by atoms with Crippen LogP contribution in [-0.2, 0) is 46.4 Å². The number of esters is 1. The molecule has 1 aliphatic carbocycles. The summed E-state index contributed by atoms with van der Waals surface area (Å²) in [6, 6.07) is 17.4. The van der Waals surface area contributed by atoms with Crippen LogP contribution in [0.5, 0.6) is 0 Å². The summed E-state index contributed by atoms with van der Waals surface area (Å²) >= 11 is 0. The standard InChI is InChI=1S/C47H72N4O8/c1-5-6-22-40(49-42(30-36-18-12-8-13-19-36)47(56)51-27-24-38(25-28-51)59-33-57-4)46(55)50-41(29-35-16-10-7-11-17-35)43(52)31-39(34(2)3)45(54)48-26-23-44(53)58-32-37-20-14-9-15-21-37/h8-9,12-15,18-21,34-35,38-43,49,52H,5-7,10-11,16-17,22-33H2,1-4H3,(H,48,54)(H,50,55)/t39-,40-,41-,42-,43-/m0/s1. The van der Waals surface area contributed by atoms with Crippen LogP contribution >= 0.6 is 0 Å². The molecule has 3 amide bonds. The zero-order valence-electron chi connectivity index (χ0n) is 36.1. The fourth-order valence-electron chi connectivity index (χ4n) is 8.35. The van der Waals surface area contributed by atoms with Crippen LogP contribution in [-0.4, -0.2) is 97.6 Å². The van der Waals surface area contributed by atoms with Gasteiger partial charge in [0.1, 0.15) is 13.4 Å². The highest BCUT2D eigenvalue weighted by atomic mass is 16.7. The number of likely N-dealkylation sites (tertiary alicyclic amines) is 1. The van der Waals surface area contributed by atoms with Crippen molar-refractivity contribution < 1.29 is 38.5 Å². The molecule has 1 saturated heterocycles. The lowest BCUT2D eigenvalue weighted by atomic mass is 9.81. The number of nitrogens with one attached hydrogen (secondary N) is 3. The first-order valence-electron chi connectivity index (χ1n) is 22.2. The molecule has 2 fully saturated rings. The molecule has 0 bridgehead atoms. The number of carbonyl (C=O) groups is 4. The number of carbonyl (C=O) groups excluding carboxylic acids is 4. The average Bonchev–Trinajstić information content (AvgIpc) is 3.25. The smallest absolute Gasteiger partial charge is 0.307 e. The highest BCUT2D eigenvalue weighted by Gasteiger charge is 2.36. The molecular formula is C47H72N4O8. The van der Waals surface area contributed by atoms with Crippen molar-refractivity contribution in [3.05, 3.63) is 71.8 Å². The SMILES string of the molecule is CCCC[C@H](N[C@@H](Cc1ccccc1)C(=O)N1CCC(OCOC)CC1)C(=O)N[C@@H](CC1CCCCC1)[C@@H](O)C[C@H](C(=O)NCCC(=O)OCc1ccccc1)C(C)C. The Morgan fingerprint density at radius 1 is 0.864 bits per heavy atom. The summed E-state index contributed by atoms with van der Waals surface area (Å²) in [5.41, 5.74) is 1.89. The van der Waals surface area contributed by atoms with E-state index < -0.39 is 36.1 Å². The van der Waals surface area contributed by atoms with Crippen LogP contribution in [0.2, 0.25) is 0 Å². The summed E-state index contributed by atoms with van der Waals surface area (Å²) in [6.07, 6.45) is 9.39. The Bertz CT molecular complexity index is 1510. The Morgan fingerprint density at radius 3 is 2.15 bits per heavy atom. The summed E-state index contributed by atoms with van der Waals surface area (Å²) < 4.78 is 16.2. The number of aliphatic hydroxyl groups is 1. The van der Waals surface area contributed by atoms with E-state index in [1.54, 1.807) is 7.11 Å². The number of hydrogen-bond donors (Lipinski definition) is 4. The third-order valence-corrected chi connectivity index (χ3v) is 11.9. The number of amides is 3. The molecule has 4 N–H and O–H groups in total. The minimum atomic E-state index is -0.981. The predicted molar refractivity (Wildman–Crippen MR) is 229 cm³/mol. The van der Waals surface area contributed by atoms with Gasteiger partial charge >= 0.3 is 5.97 Å². The number of aliphatic hydroxyl groups excluding tert-OH is 1. The van der Waals surface area contributed by atoms with Crippen LogP contribution < -0.4 is 16.0 Å². The number of rotatable bonds is 25.